The van der Waals surface area contributed by atoms with Crippen molar-refractivity contribution in [2.45, 2.75) is 58.0 Å². The van der Waals surface area contributed by atoms with E-state index in [4.69, 9.17) is 0 Å². The van der Waals surface area contributed by atoms with Crippen molar-refractivity contribution in [3.8, 4) is 0 Å². The molecule has 1 aromatic rings. The van der Waals surface area contributed by atoms with Crippen molar-refractivity contribution in [1.82, 2.24) is 9.55 Å². The predicted molar refractivity (Wildman–Crippen MR) is 80.2 cm³/mol. The molecule has 0 radical (unpaired) electrons. The van der Waals surface area contributed by atoms with Crippen LogP contribution in [0.5, 0.6) is 0 Å². The molecule has 5 nitrogen and oxygen atoms in total. The highest BCUT2D eigenvalue weighted by Gasteiger charge is 2.27. The molecule has 1 N–H and O–H groups in total. The van der Waals surface area contributed by atoms with E-state index in [1.807, 2.05) is 20.8 Å². The van der Waals surface area contributed by atoms with E-state index in [0.29, 0.717) is 12.2 Å². The Morgan fingerprint density at radius 1 is 1.40 bits per heavy atom. The zero-order valence-corrected chi connectivity index (χ0v) is 12.7. The average Bonchev–Trinajstić information content (AvgIpc) is 2.39. The summed E-state index contributed by atoms with van der Waals surface area (Å²) in [5, 5.41) is 9.21. The minimum Gasteiger partial charge on any atom is -0.396 e. The Labute approximate surface area is 120 Å². The lowest BCUT2D eigenvalue weighted by molar-refractivity contribution is 0.261. The molecule has 0 spiro atoms. The van der Waals surface area contributed by atoms with Gasteiger partial charge in [0.15, 0.2) is 5.82 Å². The Hall–Kier alpha value is -1.36. The average molecular weight is 279 g/mol. The lowest BCUT2D eigenvalue weighted by Crippen LogP contribution is -2.46. The maximum Gasteiger partial charge on any atom is 0.293 e. The SMILES string of the molecule is CC(C)(C)n1ccnc(N2CCCCC2CCO)c1=O. The van der Waals surface area contributed by atoms with Gasteiger partial charge in [-0.1, -0.05) is 0 Å². The summed E-state index contributed by atoms with van der Waals surface area (Å²) in [6.07, 6.45) is 7.40. The van der Waals surface area contributed by atoms with Crippen LogP contribution in [0.15, 0.2) is 17.2 Å². The first-order chi connectivity index (χ1) is 9.45. The first-order valence-electron chi connectivity index (χ1n) is 7.41. The Morgan fingerprint density at radius 2 is 2.15 bits per heavy atom. The first kappa shape index (κ1) is 15.0. The molecule has 5 heteroatoms. The molecule has 1 aromatic heterocycles. The number of hydrogen-bond acceptors (Lipinski definition) is 4. The molecule has 1 fully saturated rings. The fourth-order valence-corrected chi connectivity index (χ4v) is 2.86. The van der Waals surface area contributed by atoms with Crippen molar-refractivity contribution in [1.29, 1.82) is 0 Å². The summed E-state index contributed by atoms with van der Waals surface area (Å²) >= 11 is 0. The van der Waals surface area contributed by atoms with Gasteiger partial charge in [0.1, 0.15) is 0 Å². The molecule has 0 saturated carbocycles. The minimum absolute atomic E-state index is 0.0372. The normalized spacial score (nSPS) is 20.2. The largest absolute Gasteiger partial charge is 0.396 e. The van der Waals surface area contributed by atoms with Gasteiger partial charge in [-0.25, -0.2) is 4.98 Å². The molecule has 20 heavy (non-hydrogen) atoms. The molecular formula is C15H25N3O2. The number of anilines is 1. The van der Waals surface area contributed by atoms with Crippen molar-refractivity contribution in [2.24, 2.45) is 0 Å². The van der Waals surface area contributed by atoms with Crippen molar-refractivity contribution in [2.75, 3.05) is 18.1 Å². The molecule has 2 heterocycles. The quantitative estimate of drug-likeness (QED) is 0.915. The summed E-state index contributed by atoms with van der Waals surface area (Å²) < 4.78 is 1.74. The number of hydrogen-bond donors (Lipinski definition) is 1. The van der Waals surface area contributed by atoms with Crippen molar-refractivity contribution >= 4 is 5.82 Å². The molecule has 0 amide bonds. The smallest absolute Gasteiger partial charge is 0.293 e. The summed E-state index contributed by atoms with van der Waals surface area (Å²) in [6.45, 7) is 7.04. The van der Waals surface area contributed by atoms with Crippen LogP contribution < -0.4 is 10.5 Å². The molecule has 1 saturated heterocycles. The van der Waals surface area contributed by atoms with E-state index in [-0.39, 0.29) is 23.7 Å². The van der Waals surface area contributed by atoms with E-state index in [1.165, 1.54) is 0 Å². The lowest BCUT2D eigenvalue weighted by Gasteiger charge is -2.36. The highest BCUT2D eigenvalue weighted by molar-refractivity contribution is 5.38. The van der Waals surface area contributed by atoms with E-state index >= 15 is 0 Å². The predicted octanol–water partition coefficient (Wildman–Crippen LogP) is 1.74. The minimum atomic E-state index is -0.253. The first-order valence-corrected chi connectivity index (χ1v) is 7.41. The van der Waals surface area contributed by atoms with Crippen LogP contribution >= 0.6 is 0 Å². The standard InChI is InChI=1S/C15H25N3O2/c1-15(2,3)18-10-8-16-13(14(18)20)17-9-5-4-6-12(17)7-11-19/h8,10,12,19H,4-7,9,11H2,1-3H3. The Morgan fingerprint density at radius 3 is 2.80 bits per heavy atom. The van der Waals surface area contributed by atoms with E-state index in [9.17, 15) is 9.90 Å². The molecule has 0 aromatic carbocycles. The van der Waals surface area contributed by atoms with Crippen LogP contribution in [0.2, 0.25) is 0 Å². The summed E-state index contributed by atoms with van der Waals surface area (Å²) in [5.74, 6) is 0.528. The second-order valence-electron chi connectivity index (χ2n) is 6.45. The van der Waals surface area contributed by atoms with Gasteiger partial charge in [-0.2, -0.15) is 0 Å². The van der Waals surface area contributed by atoms with Gasteiger partial charge < -0.3 is 14.6 Å². The van der Waals surface area contributed by atoms with Crippen molar-refractivity contribution in [3.05, 3.63) is 22.7 Å². The van der Waals surface area contributed by atoms with Gasteiger partial charge in [-0.15, -0.1) is 0 Å². The lowest BCUT2D eigenvalue weighted by atomic mass is 9.99. The van der Waals surface area contributed by atoms with Crippen LogP contribution in [-0.4, -0.2) is 33.9 Å². The highest BCUT2D eigenvalue weighted by Crippen LogP contribution is 2.23. The van der Waals surface area contributed by atoms with Gasteiger partial charge in [0.05, 0.1) is 0 Å². The molecule has 1 aliphatic heterocycles. The van der Waals surface area contributed by atoms with Crippen LogP contribution in [-0.2, 0) is 5.54 Å². The fraction of sp³-hybridized carbons (Fsp3) is 0.733. The van der Waals surface area contributed by atoms with E-state index in [2.05, 4.69) is 9.88 Å². The topological polar surface area (TPSA) is 58.4 Å². The van der Waals surface area contributed by atoms with Gasteiger partial charge >= 0.3 is 0 Å². The maximum atomic E-state index is 12.7. The zero-order valence-electron chi connectivity index (χ0n) is 12.7. The van der Waals surface area contributed by atoms with Crippen LogP contribution in [0.3, 0.4) is 0 Å². The van der Waals surface area contributed by atoms with Crippen LogP contribution in [0.4, 0.5) is 5.82 Å². The Balaban J connectivity index is 2.39. The second kappa shape index (κ2) is 5.95. The van der Waals surface area contributed by atoms with Crippen LogP contribution in [0.25, 0.3) is 0 Å². The third kappa shape index (κ3) is 3.03. The van der Waals surface area contributed by atoms with Gasteiger partial charge in [0, 0.05) is 37.1 Å². The number of piperidine rings is 1. The van der Waals surface area contributed by atoms with Crippen molar-refractivity contribution in [3.63, 3.8) is 0 Å². The molecule has 0 aliphatic carbocycles. The Kier molecular flexibility index (Phi) is 4.48. The van der Waals surface area contributed by atoms with Gasteiger partial charge in [-0.05, 0) is 46.5 Å². The summed E-state index contributed by atoms with van der Waals surface area (Å²) in [6, 6.07) is 0.227. The second-order valence-corrected chi connectivity index (χ2v) is 6.45. The van der Waals surface area contributed by atoms with E-state index in [1.54, 1.807) is 17.0 Å². The zero-order chi connectivity index (χ0) is 14.8. The molecular weight excluding hydrogens is 254 g/mol. The highest BCUT2D eigenvalue weighted by atomic mass is 16.3. The van der Waals surface area contributed by atoms with E-state index in [0.717, 1.165) is 25.8 Å². The molecule has 1 atom stereocenters. The Bertz CT molecular complexity index is 503. The summed E-state index contributed by atoms with van der Waals surface area (Å²) in [5.41, 5.74) is -0.290. The number of aliphatic hydroxyl groups is 1. The van der Waals surface area contributed by atoms with Crippen molar-refractivity contribution < 1.29 is 5.11 Å². The van der Waals surface area contributed by atoms with Gasteiger partial charge in [0.2, 0.25) is 0 Å². The fourth-order valence-electron chi connectivity index (χ4n) is 2.86. The van der Waals surface area contributed by atoms with E-state index < -0.39 is 0 Å². The summed E-state index contributed by atoms with van der Waals surface area (Å²) in [4.78, 5) is 19.1. The molecule has 1 unspecified atom stereocenters. The summed E-state index contributed by atoms with van der Waals surface area (Å²) in [7, 11) is 0. The number of aliphatic hydroxyl groups excluding tert-OH is 1. The van der Waals surface area contributed by atoms with Gasteiger partial charge in [-0.3, -0.25) is 4.79 Å². The number of aromatic nitrogens is 2. The monoisotopic (exact) mass is 279 g/mol. The number of nitrogens with zero attached hydrogens (tertiary/aromatic N) is 3. The third-order valence-corrected chi connectivity index (χ3v) is 3.91. The third-order valence-electron chi connectivity index (χ3n) is 3.91. The maximum absolute atomic E-state index is 12.7. The molecule has 0 bridgehead atoms. The van der Waals surface area contributed by atoms with Crippen LogP contribution in [0.1, 0.15) is 46.5 Å². The molecule has 112 valence electrons. The number of rotatable bonds is 3. The van der Waals surface area contributed by atoms with Crippen LogP contribution in [0, 0.1) is 0 Å². The molecule has 2 rings (SSSR count). The van der Waals surface area contributed by atoms with Gasteiger partial charge in [0.25, 0.3) is 5.56 Å². The molecule has 1 aliphatic rings.